The average molecular weight is 305 g/mol. The van der Waals surface area contributed by atoms with Crippen LogP contribution < -0.4 is 0 Å². The maximum atomic E-state index is 13.3. The molecular formula is C15H32NO3P. The van der Waals surface area contributed by atoms with E-state index in [-0.39, 0.29) is 11.6 Å². The first-order chi connectivity index (χ1) is 8.94. The summed E-state index contributed by atoms with van der Waals surface area (Å²) >= 11 is 0. The minimum atomic E-state index is -3.29. The second kappa shape index (κ2) is 6.48. The Bertz CT molecular complexity index is 351. The summed E-state index contributed by atoms with van der Waals surface area (Å²) in [6.07, 6.45) is 5.57. The lowest BCUT2D eigenvalue weighted by Crippen LogP contribution is -2.39. The third-order valence-corrected chi connectivity index (χ3v) is 6.24. The van der Waals surface area contributed by atoms with Crippen LogP contribution in [0.5, 0.6) is 0 Å². The molecule has 0 aromatic rings. The van der Waals surface area contributed by atoms with Crippen LogP contribution in [0.2, 0.25) is 0 Å². The standard InChI is InChI=1S/C15H32NO3P/c1-14(2,3)16(7)20(17,19-15(4,5)6)18-13-11-9-8-10-12-13/h13H,8-12H2,1-7H3. The van der Waals surface area contributed by atoms with Crippen molar-refractivity contribution >= 4 is 7.75 Å². The van der Waals surface area contributed by atoms with E-state index in [0.717, 1.165) is 25.7 Å². The zero-order chi connectivity index (χ0) is 15.6. The third-order valence-electron chi connectivity index (χ3n) is 3.56. The van der Waals surface area contributed by atoms with E-state index in [9.17, 15) is 4.57 Å². The molecule has 1 unspecified atom stereocenters. The largest absolute Gasteiger partial charge is 0.409 e. The maximum Gasteiger partial charge on any atom is 0.409 e. The number of hydrogen-bond donors (Lipinski definition) is 0. The topological polar surface area (TPSA) is 38.8 Å². The van der Waals surface area contributed by atoms with E-state index < -0.39 is 13.3 Å². The van der Waals surface area contributed by atoms with Crippen LogP contribution in [0.25, 0.3) is 0 Å². The molecule has 1 saturated carbocycles. The van der Waals surface area contributed by atoms with Crippen molar-refractivity contribution in [3.8, 4) is 0 Å². The lowest BCUT2D eigenvalue weighted by Gasteiger charge is -2.41. The summed E-state index contributed by atoms with van der Waals surface area (Å²) < 4.78 is 27.0. The van der Waals surface area contributed by atoms with Gasteiger partial charge in [-0.15, -0.1) is 0 Å². The summed E-state index contributed by atoms with van der Waals surface area (Å²) in [4.78, 5) is 0. The Morgan fingerprint density at radius 2 is 1.50 bits per heavy atom. The predicted octanol–water partition coefficient (Wildman–Crippen LogP) is 4.99. The molecule has 120 valence electrons. The number of hydrogen-bond acceptors (Lipinski definition) is 3. The molecule has 1 aliphatic carbocycles. The van der Waals surface area contributed by atoms with Gasteiger partial charge in [-0.25, -0.2) is 9.24 Å². The molecule has 0 N–H and O–H groups in total. The molecule has 0 amide bonds. The van der Waals surface area contributed by atoms with Crippen molar-refractivity contribution in [3.05, 3.63) is 0 Å². The number of rotatable bonds is 4. The van der Waals surface area contributed by atoms with Gasteiger partial charge in [0.15, 0.2) is 0 Å². The average Bonchev–Trinajstić information content (AvgIpc) is 2.25. The van der Waals surface area contributed by atoms with Crippen LogP contribution in [0.4, 0.5) is 0 Å². The molecule has 1 atom stereocenters. The fourth-order valence-electron chi connectivity index (χ4n) is 2.23. The molecule has 0 aromatic heterocycles. The monoisotopic (exact) mass is 305 g/mol. The summed E-state index contributed by atoms with van der Waals surface area (Å²) in [6.45, 7) is 11.8. The zero-order valence-electron chi connectivity index (χ0n) is 14.2. The van der Waals surface area contributed by atoms with Gasteiger partial charge in [-0.3, -0.25) is 9.05 Å². The van der Waals surface area contributed by atoms with Crippen LogP contribution in [0.1, 0.15) is 73.6 Å². The SMILES string of the molecule is CN(C(C)(C)C)P(=O)(OC1CCCCC1)OC(C)(C)C. The third kappa shape index (κ3) is 5.48. The smallest absolute Gasteiger partial charge is 0.293 e. The Balaban J connectivity index is 2.91. The minimum Gasteiger partial charge on any atom is -0.293 e. The highest BCUT2D eigenvalue weighted by molar-refractivity contribution is 7.51. The summed E-state index contributed by atoms with van der Waals surface area (Å²) in [5.41, 5.74) is -0.765. The molecular weight excluding hydrogens is 273 g/mol. The van der Waals surface area contributed by atoms with Gasteiger partial charge in [0, 0.05) is 5.54 Å². The Morgan fingerprint density at radius 3 is 1.90 bits per heavy atom. The summed E-state index contributed by atoms with van der Waals surface area (Å²) in [5, 5.41) is 0. The van der Waals surface area contributed by atoms with Gasteiger partial charge in [-0.05, 0) is 61.4 Å². The van der Waals surface area contributed by atoms with Crippen molar-refractivity contribution in [2.45, 2.75) is 90.9 Å². The molecule has 0 spiro atoms. The van der Waals surface area contributed by atoms with Crippen molar-refractivity contribution in [2.24, 2.45) is 0 Å². The van der Waals surface area contributed by atoms with Gasteiger partial charge in [0.2, 0.25) is 0 Å². The van der Waals surface area contributed by atoms with Crippen LogP contribution in [-0.2, 0) is 13.6 Å². The Labute approximate surface area is 124 Å². The maximum absolute atomic E-state index is 13.3. The van der Waals surface area contributed by atoms with E-state index in [1.807, 2.05) is 48.6 Å². The van der Waals surface area contributed by atoms with Crippen molar-refractivity contribution in [1.82, 2.24) is 4.67 Å². The second-order valence-corrected chi connectivity index (χ2v) is 9.66. The Kier molecular flexibility index (Phi) is 5.88. The van der Waals surface area contributed by atoms with E-state index in [1.165, 1.54) is 6.42 Å². The van der Waals surface area contributed by atoms with Crippen molar-refractivity contribution in [2.75, 3.05) is 7.05 Å². The highest BCUT2D eigenvalue weighted by Crippen LogP contribution is 2.58. The van der Waals surface area contributed by atoms with E-state index in [2.05, 4.69) is 0 Å². The molecule has 0 aliphatic heterocycles. The van der Waals surface area contributed by atoms with Gasteiger partial charge >= 0.3 is 7.75 Å². The predicted molar refractivity (Wildman–Crippen MR) is 83.9 cm³/mol. The molecule has 1 rings (SSSR count). The van der Waals surface area contributed by atoms with Gasteiger partial charge in [0.25, 0.3) is 0 Å². The van der Waals surface area contributed by atoms with Crippen LogP contribution >= 0.6 is 7.75 Å². The molecule has 0 aromatic carbocycles. The second-order valence-electron chi connectivity index (χ2n) is 7.73. The summed E-state index contributed by atoms with van der Waals surface area (Å²) in [6, 6.07) is 0. The summed E-state index contributed by atoms with van der Waals surface area (Å²) in [7, 11) is -1.46. The summed E-state index contributed by atoms with van der Waals surface area (Å²) in [5.74, 6) is 0. The van der Waals surface area contributed by atoms with Crippen LogP contribution in [0, 0.1) is 0 Å². The molecule has 0 heterocycles. The quantitative estimate of drug-likeness (QED) is 0.686. The van der Waals surface area contributed by atoms with Gasteiger partial charge in [0.05, 0.1) is 11.7 Å². The van der Waals surface area contributed by atoms with Gasteiger partial charge in [-0.2, -0.15) is 0 Å². The van der Waals surface area contributed by atoms with Gasteiger partial charge in [0.1, 0.15) is 0 Å². The van der Waals surface area contributed by atoms with E-state index in [0.29, 0.717) is 0 Å². The van der Waals surface area contributed by atoms with Crippen LogP contribution in [0.15, 0.2) is 0 Å². The highest BCUT2D eigenvalue weighted by Gasteiger charge is 2.42. The van der Waals surface area contributed by atoms with Crippen LogP contribution in [-0.4, -0.2) is 29.0 Å². The molecule has 4 nitrogen and oxygen atoms in total. The molecule has 1 fully saturated rings. The number of nitrogens with zero attached hydrogens (tertiary/aromatic N) is 1. The first-order valence-corrected chi connectivity index (χ1v) is 9.17. The van der Waals surface area contributed by atoms with Gasteiger partial charge < -0.3 is 0 Å². The normalized spacial score (nSPS) is 22.0. The lowest BCUT2D eigenvalue weighted by atomic mass is 9.98. The Hall–Kier alpha value is 0.110. The van der Waals surface area contributed by atoms with E-state index in [4.69, 9.17) is 9.05 Å². The molecule has 5 heteroatoms. The van der Waals surface area contributed by atoms with E-state index in [1.54, 1.807) is 4.67 Å². The van der Waals surface area contributed by atoms with Gasteiger partial charge in [-0.1, -0.05) is 19.3 Å². The first-order valence-electron chi connectivity index (χ1n) is 7.67. The molecule has 0 radical (unpaired) electrons. The lowest BCUT2D eigenvalue weighted by molar-refractivity contribution is 0.0306. The van der Waals surface area contributed by atoms with E-state index >= 15 is 0 Å². The molecule has 20 heavy (non-hydrogen) atoms. The fraction of sp³-hybridized carbons (Fsp3) is 1.00. The Morgan fingerprint density at radius 1 is 1.00 bits per heavy atom. The van der Waals surface area contributed by atoms with Crippen LogP contribution in [0.3, 0.4) is 0 Å². The fourth-order valence-corrected chi connectivity index (χ4v) is 4.55. The van der Waals surface area contributed by atoms with Crippen molar-refractivity contribution in [3.63, 3.8) is 0 Å². The zero-order valence-corrected chi connectivity index (χ0v) is 15.1. The minimum absolute atomic E-state index is 0.0572. The molecule has 1 aliphatic rings. The highest BCUT2D eigenvalue weighted by atomic mass is 31.2. The first kappa shape index (κ1) is 18.2. The molecule has 0 bridgehead atoms. The van der Waals surface area contributed by atoms with Crippen molar-refractivity contribution in [1.29, 1.82) is 0 Å². The van der Waals surface area contributed by atoms with Crippen molar-refractivity contribution < 1.29 is 13.6 Å². The molecule has 0 saturated heterocycles.